The van der Waals surface area contributed by atoms with E-state index in [0.717, 1.165) is 5.56 Å². The maximum Gasteiger partial charge on any atom is 0.249 e. The van der Waals surface area contributed by atoms with E-state index >= 15 is 0 Å². The Balaban J connectivity index is 1.33. The van der Waals surface area contributed by atoms with Gasteiger partial charge in [-0.2, -0.15) is 0 Å². The molecule has 2 heterocycles. The fraction of sp³-hybridized carbons (Fsp3) is 0.458. The summed E-state index contributed by atoms with van der Waals surface area (Å²) in [7, 11) is 1.57. The number of ether oxygens (including phenoxy) is 3. The Kier molecular flexibility index (Phi) is 6.55. The minimum atomic E-state index is -0.543. The molecule has 1 amide bonds. The Morgan fingerprint density at radius 1 is 1.29 bits per heavy atom. The minimum Gasteiger partial charge on any atom is -0.497 e. The molecule has 6 nitrogen and oxygen atoms in total. The number of hydrogen-bond donors (Lipinski definition) is 1. The van der Waals surface area contributed by atoms with Crippen molar-refractivity contribution in [3.05, 3.63) is 65.0 Å². The molecule has 0 aromatic heterocycles. The zero-order chi connectivity index (χ0) is 21.8. The van der Waals surface area contributed by atoms with Crippen LogP contribution >= 0.6 is 0 Å². The lowest BCUT2D eigenvalue weighted by Crippen LogP contribution is -2.52. The molecule has 0 saturated carbocycles. The predicted octanol–water partition coefficient (Wildman–Crippen LogP) is 2.82. The van der Waals surface area contributed by atoms with E-state index in [1.807, 2.05) is 31.2 Å². The van der Waals surface area contributed by atoms with Crippen LogP contribution in [0, 0.1) is 12.7 Å². The Bertz CT molecular complexity index is 920. The number of amides is 1. The van der Waals surface area contributed by atoms with Gasteiger partial charge in [-0.15, -0.1) is 0 Å². The fourth-order valence-corrected chi connectivity index (χ4v) is 4.19. The van der Waals surface area contributed by atoms with E-state index in [1.54, 1.807) is 19.2 Å². The second kappa shape index (κ2) is 9.34. The second-order valence-corrected chi connectivity index (χ2v) is 8.41. The van der Waals surface area contributed by atoms with Crippen molar-refractivity contribution in [2.75, 3.05) is 33.4 Å². The number of hydrogen-bond acceptors (Lipinski definition) is 5. The Labute approximate surface area is 182 Å². The summed E-state index contributed by atoms with van der Waals surface area (Å²) in [5.74, 6) is 0.253. The summed E-state index contributed by atoms with van der Waals surface area (Å²) in [6.07, 6.45) is -0.0527. The molecule has 1 N–H and O–H groups in total. The van der Waals surface area contributed by atoms with Crippen LogP contribution in [0.1, 0.15) is 23.1 Å². The van der Waals surface area contributed by atoms with Crippen molar-refractivity contribution in [1.82, 2.24) is 10.2 Å². The highest BCUT2D eigenvalue weighted by molar-refractivity contribution is 5.81. The molecule has 2 aliphatic rings. The third-order valence-electron chi connectivity index (χ3n) is 5.96. The molecule has 2 aromatic carbocycles. The summed E-state index contributed by atoms with van der Waals surface area (Å²) in [6, 6.07) is 12.8. The first kappa shape index (κ1) is 21.7. The van der Waals surface area contributed by atoms with Gasteiger partial charge in [-0.05, 0) is 30.7 Å². The molecule has 2 atom stereocenters. The van der Waals surface area contributed by atoms with E-state index in [1.165, 1.54) is 11.6 Å². The average Bonchev–Trinajstić information content (AvgIpc) is 3.18. The zero-order valence-corrected chi connectivity index (χ0v) is 18.0. The molecule has 166 valence electrons. The first-order chi connectivity index (χ1) is 15.0. The SMILES string of the molecule is COc1ccc(F)c(CN2CCOC3(COC(C(=O)NCc4ccc(C)cc4)C3)C2)c1. The molecule has 2 saturated heterocycles. The number of carbonyl (C=O) groups is 1. The minimum absolute atomic E-state index is 0.128. The Morgan fingerprint density at radius 3 is 2.87 bits per heavy atom. The molecule has 4 rings (SSSR count). The van der Waals surface area contributed by atoms with Crippen LogP contribution < -0.4 is 10.1 Å². The molecule has 2 fully saturated rings. The van der Waals surface area contributed by atoms with Crippen LogP contribution in [0.4, 0.5) is 4.39 Å². The van der Waals surface area contributed by atoms with Crippen molar-refractivity contribution in [1.29, 1.82) is 0 Å². The van der Waals surface area contributed by atoms with Gasteiger partial charge in [0.1, 0.15) is 23.3 Å². The summed E-state index contributed by atoms with van der Waals surface area (Å²) >= 11 is 0. The standard InChI is InChI=1S/C24H29FN2O4/c1-17-3-5-18(6-4-17)13-26-23(28)22-12-24(16-30-22)15-27(9-10-31-24)14-19-11-20(29-2)7-8-21(19)25/h3-8,11,22H,9-10,12-16H2,1-2H3,(H,26,28). The van der Waals surface area contributed by atoms with E-state index in [-0.39, 0.29) is 11.7 Å². The number of rotatable bonds is 6. The number of nitrogens with zero attached hydrogens (tertiary/aromatic N) is 1. The molecule has 0 aliphatic carbocycles. The van der Waals surface area contributed by atoms with E-state index in [0.29, 0.717) is 57.1 Å². The number of nitrogens with one attached hydrogen (secondary N) is 1. The Hall–Kier alpha value is -2.48. The smallest absolute Gasteiger partial charge is 0.249 e. The molecule has 31 heavy (non-hydrogen) atoms. The Morgan fingerprint density at radius 2 is 2.10 bits per heavy atom. The lowest BCUT2D eigenvalue weighted by Gasteiger charge is -2.39. The summed E-state index contributed by atoms with van der Waals surface area (Å²) in [6.45, 7) is 5.12. The van der Waals surface area contributed by atoms with Crippen LogP contribution in [0.2, 0.25) is 0 Å². The average molecular weight is 429 g/mol. The van der Waals surface area contributed by atoms with Crippen molar-refractivity contribution < 1.29 is 23.4 Å². The monoisotopic (exact) mass is 428 g/mol. The van der Waals surface area contributed by atoms with Crippen molar-refractivity contribution in [2.24, 2.45) is 0 Å². The van der Waals surface area contributed by atoms with Gasteiger partial charge in [-0.25, -0.2) is 4.39 Å². The number of methoxy groups -OCH3 is 1. The van der Waals surface area contributed by atoms with Crippen molar-refractivity contribution in [3.63, 3.8) is 0 Å². The van der Waals surface area contributed by atoms with Gasteiger partial charge in [0, 0.05) is 38.2 Å². The number of benzene rings is 2. The molecule has 1 spiro atoms. The maximum absolute atomic E-state index is 14.3. The summed E-state index contributed by atoms with van der Waals surface area (Å²) in [4.78, 5) is 14.8. The van der Waals surface area contributed by atoms with Crippen molar-refractivity contribution in [3.8, 4) is 5.75 Å². The van der Waals surface area contributed by atoms with Gasteiger partial charge in [0.25, 0.3) is 0 Å². The van der Waals surface area contributed by atoms with Crippen LogP contribution in [0.5, 0.6) is 5.75 Å². The van der Waals surface area contributed by atoms with Crippen LogP contribution in [0.3, 0.4) is 0 Å². The van der Waals surface area contributed by atoms with Crippen LogP contribution in [-0.4, -0.2) is 55.9 Å². The normalized spacial score (nSPS) is 23.8. The van der Waals surface area contributed by atoms with Gasteiger partial charge in [0.2, 0.25) is 5.91 Å². The van der Waals surface area contributed by atoms with Gasteiger partial charge in [0.15, 0.2) is 0 Å². The van der Waals surface area contributed by atoms with Gasteiger partial charge < -0.3 is 19.5 Å². The molecule has 0 radical (unpaired) electrons. The van der Waals surface area contributed by atoms with Crippen molar-refractivity contribution >= 4 is 5.91 Å². The quantitative estimate of drug-likeness (QED) is 0.767. The highest BCUT2D eigenvalue weighted by atomic mass is 19.1. The van der Waals surface area contributed by atoms with Gasteiger partial charge in [0.05, 0.1) is 20.3 Å². The molecule has 7 heteroatoms. The molecule has 0 bridgehead atoms. The zero-order valence-electron chi connectivity index (χ0n) is 18.0. The van der Waals surface area contributed by atoms with Gasteiger partial charge in [-0.3, -0.25) is 9.69 Å². The number of aryl methyl sites for hydroxylation is 1. The largest absolute Gasteiger partial charge is 0.497 e. The third-order valence-corrected chi connectivity index (χ3v) is 5.96. The number of morpholine rings is 1. The van der Waals surface area contributed by atoms with E-state index in [4.69, 9.17) is 14.2 Å². The highest BCUT2D eigenvalue weighted by Gasteiger charge is 2.46. The predicted molar refractivity (Wildman–Crippen MR) is 114 cm³/mol. The summed E-state index contributed by atoms with van der Waals surface area (Å²) < 4.78 is 31.3. The molecular weight excluding hydrogens is 399 g/mol. The van der Waals surface area contributed by atoms with E-state index < -0.39 is 11.7 Å². The summed E-state index contributed by atoms with van der Waals surface area (Å²) in [5, 5.41) is 2.96. The third kappa shape index (κ3) is 5.23. The van der Waals surface area contributed by atoms with Crippen LogP contribution in [0.25, 0.3) is 0 Å². The lowest BCUT2D eigenvalue weighted by atomic mass is 9.97. The highest BCUT2D eigenvalue weighted by Crippen LogP contribution is 2.32. The van der Waals surface area contributed by atoms with Gasteiger partial charge in [-0.1, -0.05) is 29.8 Å². The number of carbonyl (C=O) groups excluding carboxylic acids is 1. The molecule has 2 aromatic rings. The number of halogens is 1. The molecule has 2 unspecified atom stereocenters. The first-order valence-electron chi connectivity index (χ1n) is 10.6. The second-order valence-electron chi connectivity index (χ2n) is 8.41. The fourth-order valence-electron chi connectivity index (χ4n) is 4.19. The lowest BCUT2D eigenvalue weighted by molar-refractivity contribution is -0.130. The van der Waals surface area contributed by atoms with E-state index in [9.17, 15) is 9.18 Å². The van der Waals surface area contributed by atoms with Crippen molar-refractivity contribution in [2.45, 2.75) is 38.1 Å². The van der Waals surface area contributed by atoms with Crippen LogP contribution in [0.15, 0.2) is 42.5 Å². The van der Waals surface area contributed by atoms with Gasteiger partial charge >= 0.3 is 0 Å². The summed E-state index contributed by atoms with van der Waals surface area (Å²) in [5.41, 5.74) is 2.28. The maximum atomic E-state index is 14.3. The van der Waals surface area contributed by atoms with E-state index in [2.05, 4.69) is 10.2 Å². The first-order valence-corrected chi connectivity index (χ1v) is 10.6. The molecule has 2 aliphatic heterocycles. The van der Waals surface area contributed by atoms with Crippen LogP contribution in [-0.2, 0) is 27.4 Å². The molecular formula is C24H29FN2O4. The topological polar surface area (TPSA) is 60.0 Å².